The first-order valence-electron chi connectivity index (χ1n) is 9.17. The number of aromatic nitrogens is 4. The van der Waals surface area contributed by atoms with E-state index in [0.717, 1.165) is 47.8 Å². The largest absolute Gasteiger partial charge is 0.369 e. The van der Waals surface area contributed by atoms with E-state index in [-0.39, 0.29) is 0 Å². The van der Waals surface area contributed by atoms with Gasteiger partial charge in [0.05, 0.1) is 10.7 Å². The lowest BCUT2D eigenvalue weighted by molar-refractivity contribution is 0.680. The molecular weight excluding hydrogens is 342 g/mol. The number of nitrogens with zero attached hydrogens (tertiary/aromatic N) is 4. The van der Waals surface area contributed by atoms with Gasteiger partial charge in [-0.25, -0.2) is 15.0 Å². The number of thiazole rings is 1. The normalized spacial score (nSPS) is 13.5. The molecule has 0 atom stereocenters. The Balaban J connectivity index is 1.47. The molecule has 0 fully saturated rings. The van der Waals surface area contributed by atoms with E-state index < -0.39 is 0 Å². The van der Waals surface area contributed by atoms with Crippen LogP contribution in [0.2, 0.25) is 0 Å². The van der Waals surface area contributed by atoms with E-state index in [9.17, 15) is 0 Å². The van der Waals surface area contributed by atoms with Crippen molar-refractivity contribution in [2.24, 2.45) is 0 Å². The molecule has 3 heterocycles. The Labute approximate surface area is 158 Å². The van der Waals surface area contributed by atoms with Crippen LogP contribution < -0.4 is 5.32 Å². The Morgan fingerprint density at radius 2 is 1.85 bits per heavy atom. The maximum Gasteiger partial charge on any atom is 0.161 e. The number of rotatable bonds is 5. The minimum Gasteiger partial charge on any atom is -0.369 e. The van der Waals surface area contributed by atoms with Gasteiger partial charge in [0.1, 0.15) is 5.82 Å². The molecule has 0 saturated heterocycles. The summed E-state index contributed by atoms with van der Waals surface area (Å²) >= 11 is 1.89. The third-order valence-corrected chi connectivity index (χ3v) is 6.07. The number of anilines is 1. The second kappa shape index (κ2) is 7.50. The van der Waals surface area contributed by atoms with Gasteiger partial charge in [-0.05, 0) is 51.7 Å². The monoisotopic (exact) mass is 365 g/mol. The molecule has 6 heteroatoms. The number of pyridine rings is 1. The van der Waals surface area contributed by atoms with Crippen LogP contribution in [0.4, 0.5) is 5.82 Å². The van der Waals surface area contributed by atoms with E-state index in [1.54, 1.807) is 12.4 Å². The Hall–Kier alpha value is -2.34. The van der Waals surface area contributed by atoms with Crippen LogP contribution in [-0.4, -0.2) is 26.5 Å². The minimum absolute atomic E-state index is 0.739. The van der Waals surface area contributed by atoms with Crippen LogP contribution >= 0.6 is 11.3 Å². The highest BCUT2D eigenvalue weighted by Crippen LogP contribution is 2.27. The molecule has 0 amide bonds. The number of aryl methyl sites for hydroxylation is 3. The van der Waals surface area contributed by atoms with E-state index >= 15 is 0 Å². The molecule has 0 saturated carbocycles. The topological polar surface area (TPSA) is 63.6 Å². The highest BCUT2D eigenvalue weighted by Gasteiger charge is 2.15. The molecule has 1 N–H and O–H groups in total. The predicted molar refractivity (Wildman–Crippen MR) is 106 cm³/mol. The molecule has 1 aliphatic carbocycles. The number of nitrogens with one attached hydrogen (secondary N) is 1. The van der Waals surface area contributed by atoms with E-state index in [4.69, 9.17) is 9.97 Å². The molecule has 0 aromatic carbocycles. The smallest absolute Gasteiger partial charge is 0.161 e. The maximum absolute atomic E-state index is 4.83. The summed E-state index contributed by atoms with van der Waals surface area (Å²) in [5.41, 5.74) is 4.42. The van der Waals surface area contributed by atoms with Crippen molar-refractivity contribution in [1.82, 2.24) is 19.9 Å². The Morgan fingerprint density at radius 1 is 1.04 bits per heavy atom. The molecule has 0 radical (unpaired) electrons. The fraction of sp³-hybridized carbons (Fsp3) is 0.400. The van der Waals surface area contributed by atoms with Gasteiger partial charge in [-0.3, -0.25) is 4.98 Å². The fourth-order valence-electron chi connectivity index (χ4n) is 3.23. The van der Waals surface area contributed by atoms with Crippen LogP contribution in [0, 0.1) is 13.8 Å². The van der Waals surface area contributed by atoms with Gasteiger partial charge in [-0.2, -0.15) is 0 Å². The average Bonchev–Trinajstić information content (AvgIpc) is 3.08. The van der Waals surface area contributed by atoms with Crippen molar-refractivity contribution < 1.29 is 0 Å². The molecule has 4 rings (SSSR count). The van der Waals surface area contributed by atoms with Gasteiger partial charge in [0.25, 0.3) is 0 Å². The quantitative estimate of drug-likeness (QED) is 0.736. The molecule has 26 heavy (non-hydrogen) atoms. The third-order valence-electron chi connectivity index (χ3n) is 4.85. The summed E-state index contributed by atoms with van der Waals surface area (Å²) < 4.78 is 0. The van der Waals surface area contributed by atoms with Crippen LogP contribution in [0.15, 0.2) is 24.5 Å². The van der Waals surface area contributed by atoms with Crippen LogP contribution in [0.25, 0.3) is 11.4 Å². The van der Waals surface area contributed by atoms with Crippen molar-refractivity contribution in [2.75, 3.05) is 11.9 Å². The van der Waals surface area contributed by atoms with Gasteiger partial charge >= 0.3 is 0 Å². The molecular formula is C20H23N5S. The molecule has 3 aromatic heterocycles. The summed E-state index contributed by atoms with van der Waals surface area (Å²) in [5, 5.41) is 4.73. The molecule has 5 nitrogen and oxygen atoms in total. The first-order valence-corrected chi connectivity index (χ1v) is 9.99. The van der Waals surface area contributed by atoms with Gasteiger partial charge < -0.3 is 5.32 Å². The molecule has 1 aliphatic rings. The van der Waals surface area contributed by atoms with Gasteiger partial charge in [0.2, 0.25) is 0 Å². The number of fused-ring (bicyclic) bond motifs is 1. The van der Waals surface area contributed by atoms with Crippen LogP contribution in [0.3, 0.4) is 0 Å². The number of hydrogen-bond donors (Lipinski definition) is 1. The van der Waals surface area contributed by atoms with Gasteiger partial charge in [-0.15, -0.1) is 11.3 Å². The summed E-state index contributed by atoms with van der Waals surface area (Å²) in [5.74, 6) is 1.65. The Bertz CT molecular complexity index is 881. The zero-order chi connectivity index (χ0) is 17.9. The van der Waals surface area contributed by atoms with Crippen molar-refractivity contribution in [2.45, 2.75) is 46.0 Å². The maximum atomic E-state index is 4.83. The van der Waals surface area contributed by atoms with Crippen molar-refractivity contribution in [3.05, 3.63) is 51.4 Å². The van der Waals surface area contributed by atoms with E-state index in [2.05, 4.69) is 22.2 Å². The first kappa shape index (κ1) is 17.1. The highest BCUT2D eigenvalue weighted by atomic mass is 32.1. The molecule has 0 bridgehead atoms. The lowest BCUT2D eigenvalue weighted by Gasteiger charge is -2.12. The fourth-order valence-corrected chi connectivity index (χ4v) is 4.39. The zero-order valence-corrected chi connectivity index (χ0v) is 16.1. The minimum atomic E-state index is 0.739. The van der Waals surface area contributed by atoms with Crippen molar-refractivity contribution in [3.63, 3.8) is 0 Å². The van der Waals surface area contributed by atoms with E-state index in [0.29, 0.717) is 0 Å². The van der Waals surface area contributed by atoms with Crippen LogP contribution in [0.5, 0.6) is 0 Å². The molecule has 134 valence electrons. The lowest BCUT2D eigenvalue weighted by Crippen LogP contribution is -2.10. The zero-order valence-electron chi connectivity index (χ0n) is 15.2. The van der Waals surface area contributed by atoms with Crippen molar-refractivity contribution in [1.29, 1.82) is 0 Å². The highest BCUT2D eigenvalue weighted by molar-refractivity contribution is 7.11. The van der Waals surface area contributed by atoms with Gasteiger partial charge in [-0.1, -0.05) is 0 Å². The summed E-state index contributed by atoms with van der Waals surface area (Å²) in [4.78, 5) is 19.8. The molecule has 0 aliphatic heterocycles. The third kappa shape index (κ3) is 3.60. The van der Waals surface area contributed by atoms with Crippen LogP contribution in [-0.2, 0) is 19.3 Å². The van der Waals surface area contributed by atoms with Gasteiger partial charge in [0, 0.05) is 47.1 Å². The summed E-state index contributed by atoms with van der Waals surface area (Å²) in [7, 11) is 0. The Kier molecular flexibility index (Phi) is 4.93. The van der Waals surface area contributed by atoms with Crippen LogP contribution in [0.1, 0.15) is 39.7 Å². The van der Waals surface area contributed by atoms with Crippen molar-refractivity contribution >= 4 is 17.2 Å². The summed E-state index contributed by atoms with van der Waals surface area (Å²) in [6, 6.07) is 3.88. The number of hydrogen-bond acceptors (Lipinski definition) is 6. The molecule has 0 spiro atoms. The van der Waals surface area contributed by atoms with Crippen molar-refractivity contribution in [3.8, 4) is 11.4 Å². The predicted octanol–water partition coefficient (Wildman–Crippen LogP) is 4.15. The first-order chi connectivity index (χ1) is 12.7. The summed E-state index contributed by atoms with van der Waals surface area (Å²) in [6.07, 6.45) is 9.43. The SMILES string of the molecule is Cc1nc(-c2ccncc2)nc(NCCc2nc3c(s2)CCCC3)c1C. The molecule has 3 aromatic rings. The molecule has 0 unspecified atom stereocenters. The van der Waals surface area contributed by atoms with Gasteiger partial charge in [0.15, 0.2) is 5.82 Å². The Morgan fingerprint density at radius 3 is 2.65 bits per heavy atom. The summed E-state index contributed by atoms with van der Waals surface area (Å²) in [6.45, 7) is 4.93. The second-order valence-corrected chi connectivity index (χ2v) is 7.87. The van der Waals surface area contributed by atoms with E-state index in [1.165, 1.54) is 34.8 Å². The lowest BCUT2D eigenvalue weighted by atomic mass is 10.0. The van der Waals surface area contributed by atoms with E-state index in [1.807, 2.05) is 30.4 Å². The second-order valence-electron chi connectivity index (χ2n) is 6.70. The average molecular weight is 366 g/mol. The standard InChI is InChI=1S/C20H23N5S/c1-13-14(2)23-20(15-7-10-21-11-8-15)25-19(13)22-12-9-18-24-16-5-3-4-6-17(16)26-18/h7-8,10-11H,3-6,9,12H2,1-2H3,(H,22,23,25).